The highest BCUT2D eigenvalue weighted by atomic mass is 16.3. The van der Waals surface area contributed by atoms with Crippen molar-refractivity contribution in [3.63, 3.8) is 0 Å². The highest BCUT2D eigenvalue weighted by Gasteiger charge is 2.18. The van der Waals surface area contributed by atoms with E-state index < -0.39 is 0 Å². The van der Waals surface area contributed by atoms with Gasteiger partial charge in [-0.3, -0.25) is 0 Å². The molecule has 0 fully saturated rings. The van der Waals surface area contributed by atoms with Crippen LogP contribution in [0.15, 0.2) is 133 Å². The molecule has 0 aliphatic rings. The van der Waals surface area contributed by atoms with Crippen LogP contribution in [-0.2, 0) is 6.61 Å². The molecule has 0 saturated heterocycles. The van der Waals surface area contributed by atoms with E-state index in [9.17, 15) is 5.11 Å². The molecular formula is C35H25NO. The maximum Gasteiger partial charge on any atom is 0.0682 e. The van der Waals surface area contributed by atoms with Crippen LogP contribution >= 0.6 is 0 Å². The smallest absolute Gasteiger partial charge is 0.0682 e. The van der Waals surface area contributed by atoms with Crippen molar-refractivity contribution in [1.29, 1.82) is 0 Å². The Hall–Kier alpha value is -4.66. The Labute approximate surface area is 215 Å². The summed E-state index contributed by atoms with van der Waals surface area (Å²) in [4.78, 5) is 2.39. The molecule has 7 rings (SSSR count). The van der Waals surface area contributed by atoms with Crippen molar-refractivity contribution in [2.24, 2.45) is 0 Å². The van der Waals surface area contributed by atoms with E-state index in [2.05, 4.69) is 132 Å². The van der Waals surface area contributed by atoms with Crippen molar-refractivity contribution in [3.8, 4) is 0 Å². The molecule has 176 valence electrons. The van der Waals surface area contributed by atoms with Crippen LogP contribution in [0.25, 0.3) is 43.1 Å². The summed E-state index contributed by atoms with van der Waals surface area (Å²) in [6, 6.07) is 47.6. The van der Waals surface area contributed by atoms with E-state index >= 15 is 0 Å². The SMILES string of the molecule is OCc1ccc2cc(N(c3cccc4ccccc34)c3cccc4cc5ccccc5cc34)ccc2c1. The van der Waals surface area contributed by atoms with Crippen molar-refractivity contribution >= 4 is 60.2 Å². The van der Waals surface area contributed by atoms with E-state index in [1.165, 1.54) is 32.3 Å². The molecule has 1 N–H and O–H groups in total. The number of hydrogen-bond donors (Lipinski definition) is 1. The van der Waals surface area contributed by atoms with E-state index in [1.54, 1.807) is 0 Å². The predicted molar refractivity (Wildman–Crippen MR) is 157 cm³/mol. The van der Waals surface area contributed by atoms with Crippen molar-refractivity contribution in [1.82, 2.24) is 0 Å². The summed E-state index contributed by atoms with van der Waals surface area (Å²) in [5.41, 5.74) is 4.31. The van der Waals surface area contributed by atoms with E-state index in [0.29, 0.717) is 0 Å². The molecule has 0 spiro atoms. The van der Waals surface area contributed by atoms with Gasteiger partial charge in [-0.25, -0.2) is 0 Å². The second kappa shape index (κ2) is 8.77. The Balaban J connectivity index is 1.54. The molecule has 7 aromatic rings. The average Bonchev–Trinajstić information content (AvgIpc) is 2.96. The molecule has 0 unspecified atom stereocenters. The quantitative estimate of drug-likeness (QED) is 0.256. The van der Waals surface area contributed by atoms with Crippen LogP contribution in [0.4, 0.5) is 17.1 Å². The van der Waals surface area contributed by atoms with Crippen LogP contribution in [0.2, 0.25) is 0 Å². The number of rotatable bonds is 4. The Morgan fingerprint density at radius 2 is 1.03 bits per heavy atom. The van der Waals surface area contributed by atoms with E-state index in [1.807, 2.05) is 6.07 Å². The van der Waals surface area contributed by atoms with E-state index in [0.717, 1.165) is 33.4 Å². The monoisotopic (exact) mass is 475 g/mol. The molecule has 0 amide bonds. The number of nitrogens with zero attached hydrogens (tertiary/aromatic N) is 1. The minimum absolute atomic E-state index is 0.0454. The summed E-state index contributed by atoms with van der Waals surface area (Å²) >= 11 is 0. The van der Waals surface area contributed by atoms with Crippen LogP contribution in [0, 0.1) is 0 Å². The van der Waals surface area contributed by atoms with Crippen LogP contribution < -0.4 is 4.90 Å². The Bertz CT molecular complexity index is 1930. The fourth-order valence-electron chi connectivity index (χ4n) is 5.48. The van der Waals surface area contributed by atoms with Gasteiger partial charge >= 0.3 is 0 Å². The van der Waals surface area contributed by atoms with Gasteiger partial charge in [0.2, 0.25) is 0 Å². The lowest BCUT2D eigenvalue weighted by Crippen LogP contribution is -2.11. The van der Waals surface area contributed by atoms with Crippen molar-refractivity contribution < 1.29 is 5.11 Å². The molecule has 0 atom stereocenters. The first-order valence-corrected chi connectivity index (χ1v) is 12.6. The lowest BCUT2D eigenvalue weighted by atomic mass is 9.99. The van der Waals surface area contributed by atoms with Crippen LogP contribution in [0.1, 0.15) is 5.56 Å². The molecule has 0 bridgehead atoms. The van der Waals surface area contributed by atoms with Crippen LogP contribution in [0.3, 0.4) is 0 Å². The molecule has 2 nitrogen and oxygen atoms in total. The molecule has 7 aromatic carbocycles. The number of aliphatic hydroxyl groups excluding tert-OH is 1. The second-order valence-corrected chi connectivity index (χ2v) is 9.56. The third-order valence-electron chi connectivity index (χ3n) is 7.30. The van der Waals surface area contributed by atoms with Gasteiger partial charge in [0.25, 0.3) is 0 Å². The largest absolute Gasteiger partial charge is 0.392 e. The molecular weight excluding hydrogens is 450 g/mol. The summed E-state index contributed by atoms with van der Waals surface area (Å²) in [7, 11) is 0. The lowest BCUT2D eigenvalue weighted by molar-refractivity contribution is 0.282. The minimum atomic E-state index is 0.0454. The number of fused-ring (bicyclic) bond motifs is 4. The number of benzene rings is 7. The zero-order chi connectivity index (χ0) is 24.8. The zero-order valence-corrected chi connectivity index (χ0v) is 20.3. The van der Waals surface area contributed by atoms with Gasteiger partial charge in [0.05, 0.1) is 18.0 Å². The maximum atomic E-state index is 9.61. The normalized spacial score (nSPS) is 11.5. The Morgan fingerprint density at radius 3 is 1.84 bits per heavy atom. The maximum absolute atomic E-state index is 9.61. The molecule has 2 heteroatoms. The molecule has 0 aliphatic heterocycles. The van der Waals surface area contributed by atoms with E-state index in [-0.39, 0.29) is 6.61 Å². The summed E-state index contributed by atoms with van der Waals surface area (Å²) < 4.78 is 0. The summed E-state index contributed by atoms with van der Waals surface area (Å²) in [5.74, 6) is 0. The first-order chi connectivity index (χ1) is 18.3. The van der Waals surface area contributed by atoms with Crippen molar-refractivity contribution in [3.05, 3.63) is 139 Å². The number of anilines is 3. The number of aliphatic hydroxyl groups is 1. The summed E-state index contributed by atoms with van der Waals surface area (Å²) in [6.07, 6.45) is 0. The molecule has 0 aromatic heterocycles. The molecule has 0 radical (unpaired) electrons. The van der Waals surface area contributed by atoms with Crippen molar-refractivity contribution in [2.75, 3.05) is 4.90 Å². The van der Waals surface area contributed by atoms with Crippen LogP contribution in [-0.4, -0.2) is 5.11 Å². The first-order valence-electron chi connectivity index (χ1n) is 12.6. The van der Waals surface area contributed by atoms with Gasteiger partial charge in [0.15, 0.2) is 0 Å². The predicted octanol–water partition coefficient (Wildman–Crippen LogP) is 9.26. The fourth-order valence-corrected chi connectivity index (χ4v) is 5.48. The van der Waals surface area contributed by atoms with Gasteiger partial charge < -0.3 is 10.0 Å². The topological polar surface area (TPSA) is 23.5 Å². The van der Waals surface area contributed by atoms with Gasteiger partial charge in [0.1, 0.15) is 0 Å². The zero-order valence-electron chi connectivity index (χ0n) is 20.3. The molecule has 0 saturated carbocycles. The van der Waals surface area contributed by atoms with Gasteiger partial charge in [-0.2, -0.15) is 0 Å². The van der Waals surface area contributed by atoms with Crippen LogP contribution in [0.5, 0.6) is 0 Å². The summed E-state index contributed by atoms with van der Waals surface area (Å²) in [5, 5.41) is 19.2. The standard InChI is InChI=1S/C35H25NO/c37-23-24-15-16-29-21-31(18-17-28(29)19-24)36(34-13-5-10-25-7-3-4-12-32(25)34)35-14-6-11-30-20-26-8-1-2-9-27(26)22-33(30)35/h1-22,37H,23H2. The Kier molecular flexibility index (Phi) is 5.12. The molecule has 0 aliphatic carbocycles. The minimum Gasteiger partial charge on any atom is -0.392 e. The van der Waals surface area contributed by atoms with Crippen molar-refractivity contribution in [2.45, 2.75) is 6.61 Å². The highest BCUT2D eigenvalue weighted by Crippen LogP contribution is 2.43. The second-order valence-electron chi connectivity index (χ2n) is 9.56. The summed E-state index contributed by atoms with van der Waals surface area (Å²) in [6.45, 7) is 0.0454. The number of hydrogen-bond acceptors (Lipinski definition) is 2. The molecule has 0 heterocycles. The van der Waals surface area contributed by atoms with Gasteiger partial charge in [-0.1, -0.05) is 91.0 Å². The lowest BCUT2D eigenvalue weighted by Gasteiger charge is -2.28. The fraction of sp³-hybridized carbons (Fsp3) is 0.0286. The van der Waals surface area contributed by atoms with Gasteiger partial charge in [0, 0.05) is 16.5 Å². The third kappa shape index (κ3) is 3.70. The average molecular weight is 476 g/mol. The van der Waals surface area contributed by atoms with Gasteiger partial charge in [-0.15, -0.1) is 0 Å². The van der Waals surface area contributed by atoms with Gasteiger partial charge in [-0.05, 0) is 80.3 Å². The highest BCUT2D eigenvalue weighted by molar-refractivity contribution is 6.09. The molecule has 37 heavy (non-hydrogen) atoms. The first kappa shape index (κ1) is 21.6. The third-order valence-corrected chi connectivity index (χ3v) is 7.30. The van der Waals surface area contributed by atoms with E-state index in [4.69, 9.17) is 0 Å². The Morgan fingerprint density at radius 1 is 0.432 bits per heavy atom.